The average molecular weight is 494 g/mol. The Labute approximate surface area is 186 Å². The summed E-state index contributed by atoms with van der Waals surface area (Å²) in [6.45, 7) is 1.67. The van der Waals surface area contributed by atoms with Gasteiger partial charge in [0.2, 0.25) is 5.91 Å². The molecule has 2 aromatic carbocycles. The summed E-state index contributed by atoms with van der Waals surface area (Å²) in [6.07, 6.45) is 1.18. The predicted molar refractivity (Wildman–Crippen MR) is 115 cm³/mol. The number of hydrogen-bond acceptors (Lipinski definition) is 8. The van der Waals surface area contributed by atoms with Crippen LogP contribution in [0.3, 0.4) is 0 Å². The number of methoxy groups -OCH3 is 1. The number of amides is 1. The van der Waals surface area contributed by atoms with Crippen LogP contribution in [0.4, 0.5) is 5.69 Å². The molecule has 0 heterocycles. The molecule has 0 atom stereocenters. The Morgan fingerprint density at radius 1 is 1.29 bits per heavy atom. The minimum absolute atomic E-state index is 0.131. The number of hydrazone groups is 1. The first-order chi connectivity index (χ1) is 14.8. The molecule has 0 fully saturated rings. The molecule has 31 heavy (non-hydrogen) atoms. The molecule has 11 heteroatoms. The molecule has 0 saturated heterocycles. The number of hydrogen-bond donors (Lipinski definition) is 1. The first-order valence-corrected chi connectivity index (χ1v) is 9.85. The van der Waals surface area contributed by atoms with Gasteiger partial charge in [-0.25, -0.2) is 10.2 Å². The van der Waals surface area contributed by atoms with E-state index in [1.54, 1.807) is 25.1 Å². The van der Waals surface area contributed by atoms with E-state index in [4.69, 9.17) is 14.2 Å². The summed E-state index contributed by atoms with van der Waals surface area (Å²) >= 11 is 3.34. The number of esters is 1. The summed E-state index contributed by atoms with van der Waals surface area (Å²) in [7, 11) is 1.44. The second-order valence-electron chi connectivity index (χ2n) is 5.98. The van der Waals surface area contributed by atoms with Crippen LogP contribution in [0, 0.1) is 10.1 Å². The Balaban J connectivity index is 2.04. The number of nitro groups is 1. The quantitative estimate of drug-likeness (QED) is 0.233. The molecule has 10 nitrogen and oxygen atoms in total. The second-order valence-corrected chi connectivity index (χ2v) is 6.84. The topological polar surface area (TPSA) is 129 Å². The highest BCUT2D eigenvalue weighted by atomic mass is 79.9. The SMILES string of the molecule is CCOC(=O)COc1c(Br)cc(/C=N/NC(=O)Cc2ccccc2[N+](=O)[O-])cc1OC. The molecular weight excluding hydrogens is 474 g/mol. The van der Waals surface area contributed by atoms with Crippen molar-refractivity contribution in [1.29, 1.82) is 0 Å². The van der Waals surface area contributed by atoms with Crippen molar-refractivity contribution in [3.63, 3.8) is 0 Å². The number of ether oxygens (including phenoxy) is 3. The summed E-state index contributed by atoms with van der Waals surface area (Å²) in [5.74, 6) is -0.367. The van der Waals surface area contributed by atoms with Gasteiger partial charge >= 0.3 is 5.97 Å². The molecule has 2 aromatic rings. The highest BCUT2D eigenvalue weighted by Crippen LogP contribution is 2.36. The zero-order valence-electron chi connectivity index (χ0n) is 16.8. The van der Waals surface area contributed by atoms with Crippen molar-refractivity contribution in [3.8, 4) is 11.5 Å². The first kappa shape index (κ1) is 23.8. The maximum absolute atomic E-state index is 12.1. The Bertz CT molecular complexity index is 995. The van der Waals surface area contributed by atoms with Crippen LogP contribution in [0.1, 0.15) is 18.1 Å². The van der Waals surface area contributed by atoms with E-state index in [0.29, 0.717) is 21.5 Å². The van der Waals surface area contributed by atoms with E-state index in [0.717, 1.165) is 0 Å². The molecule has 0 aliphatic carbocycles. The third-order valence-corrected chi connectivity index (χ3v) is 4.42. The Morgan fingerprint density at radius 2 is 2.03 bits per heavy atom. The smallest absolute Gasteiger partial charge is 0.344 e. The molecule has 1 amide bonds. The monoisotopic (exact) mass is 493 g/mol. The number of nitrogens with one attached hydrogen (secondary N) is 1. The number of nitrogens with zero attached hydrogens (tertiary/aromatic N) is 2. The fourth-order valence-electron chi connectivity index (χ4n) is 2.52. The van der Waals surface area contributed by atoms with Gasteiger partial charge in [-0.05, 0) is 40.5 Å². The standard InChI is InChI=1S/C20H20BrN3O7/c1-3-30-19(26)12-31-20-15(21)8-13(9-17(20)29-2)11-22-23-18(25)10-14-6-4-5-7-16(14)24(27)28/h4-9,11H,3,10,12H2,1-2H3,(H,23,25)/b22-11+. The Morgan fingerprint density at radius 3 is 2.71 bits per heavy atom. The number of carbonyl (C=O) groups is 2. The van der Waals surface area contributed by atoms with Crippen LogP contribution in [0.25, 0.3) is 0 Å². The fraction of sp³-hybridized carbons (Fsp3) is 0.250. The van der Waals surface area contributed by atoms with Crippen molar-refractivity contribution >= 4 is 39.7 Å². The van der Waals surface area contributed by atoms with Gasteiger partial charge in [0.1, 0.15) is 0 Å². The van der Waals surface area contributed by atoms with Gasteiger partial charge in [-0.2, -0.15) is 5.10 Å². The van der Waals surface area contributed by atoms with Gasteiger partial charge < -0.3 is 14.2 Å². The maximum atomic E-state index is 12.1. The van der Waals surface area contributed by atoms with Gasteiger partial charge in [0, 0.05) is 11.6 Å². The molecular formula is C20H20BrN3O7. The predicted octanol–water partition coefficient (Wildman–Crippen LogP) is 3.00. The maximum Gasteiger partial charge on any atom is 0.344 e. The van der Waals surface area contributed by atoms with Crippen LogP contribution in [-0.4, -0.2) is 43.3 Å². The van der Waals surface area contributed by atoms with Crippen molar-refractivity contribution in [2.24, 2.45) is 5.10 Å². The summed E-state index contributed by atoms with van der Waals surface area (Å²) in [4.78, 5) is 34.1. The normalized spacial score (nSPS) is 10.5. The Kier molecular flexibility index (Phi) is 8.94. The van der Waals surface area contributed by atoms with Gasteiger partial charge in [-0.3, -0.25) is 14.9 Å². The van der Waals surface area contributed by atoms with Crippen LogP contribution in [-0.2, 0) is 20.7 Å². The molecule has 164 valence electrons. The third-order valence-electron chi connectivity index (χ3n) is 3.83. The zero-order chi connectivity index (χ0) is 22.8. The lowest BCUT2D eigenvalue weighted by Crippen LogP contribution is -2.20. The summed E-state index contributed by atoms with van der Waals surface area (Å²) < 4.78 is 16.1. The molecule has 0 aliphatic rings. The largest absolute Gasteiger partial charge is 0.493 e. The Hall–Kier alpha value is -3.47. The van der Waals surface area contributed by atoms with E-state index in [9.17, 15) is 19.7 Å². The molecule has 0 spiro atoms. The number of nitro benzene ring substituents is 1. The number of para-hydroxylation sites is 1. The molecule has 1 N–H and O–H groups in total. The highest BCUT2D eigenvalue weighted by molar-refractivity contribution is 9.10. The van der Waals surface area contributed by atoms with E-state index in [1.807, 2.05) is 0 Å². The molecule has 2 rings (SSSR count). The average Bonchev–Trinajstić information content (AvgIpc) is 2.73. The van der Waals surface area contributed by atoms with Crippen molar-refractivity contribution in [1.82, 2.24) is 5.43 Å². The van der Waals surface area contributed by atoms with E-state index in [-0.39, 0.29) is 30.9 Å². The number of benzene rings is 2. The molecule has 0 bridgehead atoms. The van der Waals surface area contributed by atoms with E-state index < -0.39 is 16.8 Å². The van der Waals surface area contributed by atoms with Crippen LogP contribution in [0.5, 0.6) is 11.5 Å². The van der Waals surface area contributed by atoms with Crippen molar-refractivity contribution in [2.75, 3.05) is 20.3 Å². The molecule has 0 aliphatic heterocycles. The summed E-state index contributed by atoms with van der Waals surface area (Å²) in [6, 6.07) is 9.25. The molecule has 0 aromatic heterocycles. The lowest BCUT2D eigenvalue weighted by molar-refractivity contribution is -0.385. The molecule has 0 unspecified atom stereocenters. The van der Waals surface area contributed by atoms with E-state index >= 15 is 0 Å². The van der Waals surface area contributed by atoms with Gasteiger partial charge in [0.05, 0.1) is 35.7 Å². The number of rotatable bonds is 10. The number of halogens is 1. The van der Waals surface area contributed by atoms with Gasteiger partial charge in [0.25, 0.3) is 5.69 Å². The lowest BCUT2D eigenvalue weighted by atomic mass is 10.1. The highest BCUT2D eigenvalue weighted by Gasteiger charge is 2.16. The van der Waals surface area contributed by atoms with Gasteiger partial charge in [-0.1, -0.05) is 18.2 Å². The van der Waals surface area contributed by atoms with Crippen molar-refractivity contribution < 1.29 is 28.7 Å². The minimum atomic E-state index is -0.540. The molecule has 0 radical (unpaired) electrons. The number of carbonyl (C=O) groups excluding carboxylic acids is 2. The minimum Gasteiger partial charge on any atom is -0.493 e. The van der Waals surface area contributed by atoms with E-state index in [1.165, 1.54) is 31.5 Å². The van der Waals surface area contributed by atoms with Crippen LogP contribution in [0.2, 0.25) is 0 Å². The molecule has 0 saturated carbocycles. The first-order valence-electron chi connectivity index (χ1n) is 9.05. The van der Waals surface area contributed by atoms with Crippen LogP contribution in [0.15, 0.2) is 46.0 Å². The lowest BCUT2D eigenvalue weighted by Gasteiger charge is -2.13. The third kappa shape index (κ3) is 7.07. The van der Waals surface area contributed by atoms with Crippen LogP contribution >= 0.6 is 15.9 Å². The van der Waals surface area contributed by atoms with E-state index in [2.05, 4.69) is 26.5 Å². The van der Waals surface area contributed by atoms with Gasteiger partial charge in [-0.15, -0.1) is 0 Å². The summed E-state index contributed by atoms with van der Waals surface area (Å²) in [5, 5.41) is 14.9. The van der Waals surface area contributed by atoms with Gasteiger partial charge in [0.15, 0.2) is 18.1 Å². The zero-order valence-corrected chi connectivity index (χ0v) is 18.4. The fourth-order valence-corrected chi connectivity index (χ4v) is 3.09. The van der Waals surface area contributed by atoms with Crippen LogP contribution < -0.4 is 14.9 Å². The van der Waals surface area contributed by atoms with Crippen molar-refractivity contribution in [2.45, 2.75) is 13.3 Å². The van der Waals surface area contributed by atoms with Crippen molar-refractivity contribution in [3.05, 3.63) is 62.1 Å². The second kappa shape index (κ2) is 11.6. The summed E-state index contributed by atoms with van der Waals surface area (Å²) in [5.41, 5.74) is 3.05.